The van der Waals surface area contributed by atoms with Gasteiger partial charge in [0.1, 0.15) is 0 Å². The molecule has 0 aliphatic heterocycles. The molecule has 2 rings (SSSR count). The minimum Gasteiger partial charge on any atom is -0.381 e. The molecule has 1 heterocycles. The van der Waals surface area contributed by atoms with Crippen LogP contribution >= 0.6 is 0 Å². The first-order valence-corrected chi connectivity index (χ1v) is 7.66. The standard InChI is InChI=1S/C17H25N3/c1-3-5-6-7-15-8-10-17(11-9-15)18-12-16-13-19-20(4-2)14-16/h8-11,13-14,18H,3-7,12H2,1-2H3. The number of anilines is 1. The topological polar surface area (TPSA) is 29.9 Å². The van der Waals surface area contributed by atoms with Gasteiger partial charge in [0.05, 0.1) is 6.20 Å². The second-order valence-electron chi connectivity index (χ2n) is 5.21. The van der Waals surface area contributed by atoms with Gasteiger partial charge < -0.3 is 5.32 Å². The molecule has 0 spiro atoms. The molecule has 0 radical (unpaired) electrons. The maximum absolute atomic E-state index is 4.28. The molecule has 0 unspecified atom stereocenters. The van der Waals surface area contributed by atoms with E-state index in [-0.39, 0.29) is 0 Å². The lowest BCUT2D eigenvalue weighted by Crippen LogP contribution is -1.99. The number of hydrogen-bond donors (Lipinski definition) is 1. The Kier molecular flexibility index (Phi) is 5.66. The van der Waals surface area contributed by atoms with Gasteiger partial charge in [-0.15, -0.1) is 0 Å². The zero-order chi connectivity index (χ0) is 14.2. The number of benzene rings is 1. The summed E-state index contributed by atoms with van der Waals surface area (Å²) in [5, 5.41) is 7.72. The van der Waals surface area contributed by atoms with E-state index in [4.69, 9.17) is 0 Å². The van der Waals surface area contributed by atoms with E-state index in [2.05, 4.69) is 54.7 Å². The molecule has 0 atom stereocenters. The van der Waals surface area contributed by atoms with Gasteiger partial charge in [0, 0.05) is 30.5 Å². The van der Waals surface area contributed by atoms with Crippen LogP contribution in [0.3, 0.4) is 0 Å². The Bertz CT molecular complexity index is 499. The smallest absolute Gasteiger partial charge is 0.0539 e. The molecule has 20 heavy (non-hydrogen) atoms. The van der Waals surface area contributed by atoms with Crippen LogP contribution in [0.4, 0.5) is 5.69 Å². The fourth-order valence-corrected chi connectivity index (χ4v) is 2.24. The predicted molar refractivity (Wildman–Crippen MR) is 84.9 cm³/mol. The summed E-state index contributed by atoms with van der Waals surface area (Å²) in [6.45, 7) is 6.09. The minimum atomic E-state index is 0.829. The van der Waals surface area contributed by atoms with Crippen LogP contribution in [0.25, 0.3) is 0 Å². The molecule has 0 amide bonds. The van der Waals surface area contributed by atoms with Crippen molar-refractivity contribution in [3.05, 3.63) is 47.8 Å². The van der Waals surface area contributed by atoms with Gasteiger partial charge in [-0.25, -0.2) is 0 Å². The second kappa shape index (κ2) is 7.73. The van der Waals surface area contributed by atoms with E-state index in [9.17, 15) is 0 Å². The van der Waals surface area contributed by atoms with Crippen molar-refractivity contribution in [1.82, 2.24) is 9.78 Å². The average Bonchev–Trinajstić information content (AvgIpc) is 2.95. The minimum absolute atomic E-state index is 0.829. The average molecular weight is 271 g/mol. The van der Waals surface area contributed by atoms with Gasteiger partial charge in [-0.3, -0.25) is 4.68 Å². The second-order valence-corrected chi connectivity index (χ2v) is 5.21. The summed E-state index contributed by atoms with van der Waals surface area (Å²) in [6.07, 6.45) is 9.10. The number of rotatable bonds is 8. The third kappa shape index (κ3) is 4.41. The molecule has 2 aromatic rings. The molecule has 0 saturated carbocycles. The quantitative estimate of drug-likeness (QED) is 0.727. The predicted octanol–water partition coefficient (Wildman–Crippen LogP) is 4.25. The van der Waals surface area contributed by atoms with Crippen LogP contribution in [0, 0.1) is 0 Å². The number of hydrogen-bond acceptors (Lipinski definition) is 2. The molecular weight excluding hydrogens is 246 g/mol. The van der Waals surface area contributed by atoms with Gasteiger partial charge in [0.15, 0.2) is 0 Å². The zero-order valence-corrected chi connectivity index (χ0v) is 12.6. The van der Waals surface area contributed by atoms with Gasteiger partial charge >= 0.3 is 0 Å². The third-order valence-electron chi connectivity index (χ3n) is 3.53. The maximum atomic E-state index is 4.28. The first-order valence-electron chi connectivity index (χ1n) is 7.66. The highest BCUT2D eigenvalue weighted by atomic mass is 15.3. The summed E-state index contributed by atoms with van der Waals surface area (Å²) >= 11 is 0. The van der Waals surface area contributed by atoms with Crippen molar-refractivity contribution in [2.24, 2.45) is 0 Å². The molecular formula is C17H25N3. The molecule has 108 valence electrons. The van der Waals surface area contributed by atoms with Crippen molar-refractivity contribution in [2.75, 3.05) is 5.32 Å². The molecule has 0 aliphatic rings. The van der Waals surface area contributed by atoms with Crippen molar-refractivity contribution in [3.8, 4) is 0 Å². The molecule has 1 N–H and O–H groups in total. The van der Waals surface area contributed by atoms with E-state index in [1.807, 2.05) is 10.9 Å². The lowest BCUT2D eigenvalue weighted by atomic mass is 10.1. The van der Waals surface area contributed by atoms with Crippen molar-refractivity contribution in [1.29, 1.82) is 0 Å². The lowest BCUT2D eigenvalue weighted by molar-refractivity contribution is 0.659. The van der Waals surface area contributed by atoms with Crippen molar-refractivity contribution < 1.29 is 0 Å². The normalized spacial score (nSPS) is 10.7. The summed E-state index contributed by atoms with van der Waals surface area (Å²) in [5.41, 5.74) is 3.83. The van der Waals surface area contributed by atoms with E-state index in [1.54, 1.807) is 0 Å². The summed E-state index contributed by atoms with van der Waals surface area (Å²) in [5.74, 6) is 0. The van der Waals surface area contributed by atoms with Crippen molar-refractivity contribution in [3.63, 3.8) is 0 Å². The Labute approximate surface area is 122 Å². The number of aryl methyl sites for hydroxylation is 2. The molecule has 0 saturated heterocycles. The van der Waals surface area contributed by atoms with Crippen molar-refractivity contribution in [2.45, 2.75) is 52.6 Å². The van der Waals surface area contributed by atoms with Crippen LogP contribution in [0.2, 0.25) is 0 Å². The third-order valence-corrected chi connectivity index (χ3v) is 3.53. The summed E-state index contributed by atoms with van der Waals surface area (Å²) in [4.78, 5) is 0. The van der Waals surface area contributed by atoms with Crippen LogP contribution in [-0.4, -0.2) is 9.78 Å². The summed E-state index contributed by atoms with van der Waals surface area (Å²) in [7, 11) is 0. The summed E-state index contributed by atoms with van der Waals surface area (Å²) < 4.78 is 1.95. The Morgan fingerprint density at radius 3 is 2.50 bits per heavy atom. The highest BCUT2D eigenvalue weighted by Crippen LogP contribution is 2.13. The highest BCUT2D eigenvalue weighted by Gasteiger charge is 1.98. The summed E-state index contributed by atoms with van der Waals surface area (Å²) in [6, 6.07) is 8.80. The first-order chi connectivity index (χ1) is 9.81. The lowest BCUT2D eigenvalue weighted by Gasteiger charge is -2.06. The van der Waals surface area contributed by atoms with E-state index < -0.39 is 0 Å². The van der Waals surface area contributed by atoms with Crippen LogP contribution in [0.15, 0.2) is 36.7 Å². The number of nitrogens with one attached hydrogen (secondary N) is 1. The van der Waals surface area contributed by atoms with Gasteiger partial charge in [0.25, 0.3) is 0 Å². The number of unbranched alkanes of at least 4 members (excludes halogenated alkanes) is 2. The van der Waals surface area contributed by atoms with E-state index in [0.29, 0.717) is 0 Å². The van der Waals surface area contributed by atoms with E-state index >= 15 is 0 Å². The van der Waals surface area contributed by atoms with Crippen LogP contribution < -0.4 is 5.32 Å². The Hall–Kier alpha value is -1.77. The Balaban J connectivity index is 1.81. The molecule has 1 aromatic heterocycles. The van der Waals surface area contributed by atoms with Gasteiger partial charge in [-0.05, 0) is 37.5 Å². The number of aromatic nitrogens is 2. The van der Waals surface area contributed by atoms with Crippen LogP contribution in [0.5, 0.6) is 0 Å². The molecule has 0 aliphatic carbocycles. The Morgan fingerprint density at radius 2 is 1.85 bits per heavy atom. The SMILES string of the molecule is CCCCCc1ccc(NCc2cnn(CC)c2)cc1. The van der Waals surface area contributed by atoms with Gasteiger partial charge in [0.2, 0.25) is 0 Å². The highest BCUT2D eigenvalue weighted by molar-refractivity contribution is 5.45. The number of nitrogens with zero attached hydrogens (tertiary/aromatic N) is 2. The molecule has 3 nitrogen and oxygen atoms in total. The monoisotopic (exact) mass is 271 g/mol. The van der Waals surface area contributed by atoms with E-state index in [0.717, 1.165) is 13.1 Å². The molecule has 0 bridgehead atoms. The largest absolute Gasteiger partial charge is 0.381 e. The Morgan fingerprint density at radius 1 is 1.05 bits per heavy atom. The fourth-order valence-electron chi connectivity index (χ4n) is 2.24. The van der Waals surface area contributed by atoms with Crippen LogP contribution in [0.1, 0.15) is 44.2 Å². The van der Waals surface area contributed by atoms with Crippen molar-refractivity contribution >= 4 is 5.69 Å². The van der Waals surface area contributed by atoms with Gasteiger partial charge in [-0.2, -0.15) is 5.10 Å². The first kappa shape index (κ1) is 14.6. The molecule has 1 aromatic carbocycles. The molecule has 3 heteroatoms. The zero-order valence-electron chi connectivity index (χ0n) is 12.6. The molecule has 0 fully saturated rings. The van der Waals surface area contributed by atoms with E-state index in [1.165, 1.54) is 42.5 Å². The van der Waals surface area contributed by atoms with Gasteiger partial charge in [-0.1, -0.05) is 31.9 Å². The maximum Gasteiger partial charge on any atom is 0.0539 e. The van der Waals surface area contributed by atoms with Crippen LogP contribution in [-0.2, 0) is 19.5 Å². The fraction of sp³-hybridized carbons (Fsp3) is 0.471.